The first-order chi connectivity index (χ1) is 21.3. The van der Waals surface area contributed by atoms with Crippen molar-refractivity contribution in [2.24, 2.45) is 0 Å². The highest BCUT2D eigenvalue weighted by Gasteiger charge is 2.38. The Morgan fingerprint density at radius 3 is 2.23 bits per heavy atom. The van der Waals surface area contributed by atoms with E-state index in [-0.39, 0.29) is 29.5 Å². The van der Waals surface area contributed by atoms with Crippen LogP contribution in [0.3, 0.4) is 0 Å². The summed E-state index contributed by atoms with van der Waals surface area (Å²) < 4.78 is 22.0. The van der Waals surface area contributed by atoms with Crippen molar-refractivity contribution in [1.29, 1.82) is 0 Å². The van der Waals surface area contributed by atoms with Crippen LogP contribution >= 0.6 is 0 Å². The summed E-state index contributed by atoms with van der Waals surface area (Å²) >= 11 is 0. The molecule has 3 aromatic carbocycles. The van der Waals surface area contributed by atoms with Crippen molar-refractivity contribution in [3.8, 4) is 23.0 Å². The number of barbiturate groups is 1. The first kappa shape index (κ1) is 30.1. The van der Waals surface area contributed by atoms with Crippen LogP contribution in [0.15, 0.2) is 66.2 Å². The highest BCUT2D eigenvalue weighted by Crippen LogP contribution is 2.35. The van der Waals surface area contributed by atoms with Crippen LogP contribution in [-0.4, -0.2) is 63.1 Å². The van der Waals surface area contributed by atoms with Crippen LogP contribution in [0.1, 0.15) is 40.7 Å². The van der Waals surface area contributed by atoms with Crippen LogP contribution in [0.2, 0.25) is 0 Å². The molecule has 11 nitrogen and oxygen atoms in total. The summed E-state index contributed by atoms with van der Waals surface area (Å²) in [4.78, 5) is 54.3. The van der Waals surface area contributed by atoms with Gasteiger partial charge in [-0.1, -0.05) is 18.2 Å². The van der Waals surface area contributed by atoms with Gasteiger partial charge in [-0.2, -0.15) is 0 Å². The molecule has 0 unspecified atom stereocenters. The molecule has 3 aromatic rings. The van der Waals surface area contributed by atoms with Gasteiger partial charge in [0, 0.05) is 24.7 Å². The lowest BCUT2D eigenvalue weighted by Gasteiger charge is -2.27. The van der Waals surface area contributed by atoms with Crippen molar-refractivity contribution in [3.63, 3.8) is 0 Å². The van der Waals surface area contributed by atoms with Crippen molar-refractivity contribution < 1.29 is 38.1 Å². The van der Waals surface area contributed by atoms with Crippen LogP contribution in [0.5, 0.6) is 23.0 Å². The van der Waals surface area contributed by atoms with Gasteiger partial charge in [0.15, 0.2) is 11.5 Å². The minimum atomic E-state index is -0.897. The average molecular weight is 600 g/mol. The zero-order chi connectivity index (χ0) is 31.2. The molecule has 0 atom stereocenters. The van der Waals surface area contributed by atoms with E-state index in [0.717, 1.165) is 42.8 Å². The SMILES string of the molecule is COc1ccc(N2C(=O)NC(=O)/C(=C\c3ccc(OCc4ccc(C(=O)N5CCCCC5)cc4)c(OC)c3)C2=O)c(OC)c1. The maximum atomic E-state index is 13.4. The number of carbonyl (C=O) groups excluding carboxylic acids is 4. The lowest BCUT2D eigenvalue weighted by atomic mass is 10.1. The van der Waals surface area contributed by atoms with Gasteiger partial charge in [0.05, 0.1) is 27.0 Å². The Bertz CT molecular complexity index is 1610. The number of benzene rings is 3. The number of imide groups is 2. The number of amides is 5. The van der Waals surface area contributed by atoms with Gasteiger partial charge in [0.2, 0.25) is 0 Å². The Morgan fingerprint density at radius 1 is 0.818 bits per heavy atom. The fourth-order valence-corrected chi connectivity index (χ4v) is 5.09. The normalized spacial score (nSPS) is 16.1. The van der Waals surface area contributed by atoms with Gasteiger partial charge in [-0.3, -0.25) is 19.7 Å². The largest absolute Gasteiger partial charge is 0.497 e. The number of nitrogens with zero attached hydrogens (tertiary/aromatic N) is 2. The standard InChI is InChI=1S/C33H33N3O8/c1-41-24-12-13-26(28(19-24)42-2)36-32(39)25(30(37)34-33(36)40)17-22-9-14-27(29(18-22)43-3)44-20-21-7-10-23(11-8-21)31(38)35-15-5-4-6-16-35/h7-14,17-19H,4-6,15-16,20H2,1-3H3,(H,34,37,40)/b25-17+. The lowest BCUT2D eigenvalue weighted by molar-refractivity contribution is -0.122. The number of likely N-dealkylation sites (tertiary alicyclic amines) is 1. The Labute approximate surface area is 254 Å². The third kappa shape index (κ3) is 6.36. The number of hydrogen-bond acceptors (Lipinski definition) is 8. The first-order valence-corrected chi connectivity index (χ1v) is 14.2. The molecule has 2 heterocycles. The summed E-state index contributed by atoms with van der Waals surface area (Å²) in [6.45, 7) is 1.82. The zero-order valence-corrected chi connectivity index (χ0v) is 24.8. The van der Waals surface area contributed by atoms with Crippen LogP contribution in [0.25, 0.3) is 6.08 Å². The molecule has 2 fully saturated rings. The van der Waals surface area contributed by atoms with Gasteiger partial charge < -0.3 is 23.8 Å². The van der Waals surface area contributed by atoms with E-state index in [4.69, 9.17) is 18.9 Å². The number of rotatable bonds is 9. The Kier molecular flexibility index (Phi) is 9.13. The van der Waals surface area contributed by atoms with Crippen molar-refractivity contribution in [3.05, 3.63) is 82.9 Å². The Balaban J connectivity index is 1.31. The number of urea groups is 1. The van der Waals surface area contributed by atoms with Gasteiger partial charge in [-0.05, 0) is 72.9 Å². The van der Waals surface area contributed by atoms with E-state index in [9.17, 15) is 19.2 Å². The minimum Gasteiger partial charge on any atom is -0.497 e. The van der Waals surface area contributed by atoms with Gasteiger partial charge in [-0.25, -0.2) is 9.69 Å². The van der Waals surface area contributed by atoms with Crippen LogP contribution in [0.4, 0.5) is 10.5 Å². The third-order valence-electron chi connectivity index (χ3n) is 7.47. The zero-order valence-electron chi connectivity index (χ0n) is 24.8. The quantitative estimate of drug-likeness (QED) is 0.280. The second-order valence-corrected chi connectivity index (χ2v) is 10.2. The molecule has 5 amide bonds. The summed E-state index contributed by atoms with van der Waals surface area (Å²) in [6, 6.07) is 16.0. The van der Waals surface area contributed by atoms with Gasteiger partial charge in [-0.15, -0.1) is 0 Å². The predicted octanol–water partition coefficient (Wildman–Crippen LogP) is 4.58. The van der Waals surface area contributed by atoms with E-state index in [2.05, 4.69) is 5.32 Å². The molecule has 0 aromatic heterocycles. The number of nitrogens with one attached hydrogen (secondary N) is 1. The highest BCUT2D eigenvalue weighted by molar-refractivity contribution is 6.39. The van der Waals surface area contributed by atoms with Crippen LogP contribution in [0, 0.1) is 0 Å². The van der Waals surface area contributed by atoms with E-state index in [1.165, 1.54) is 39.5 Å². The van der Waals surface area contributed by atoms with Crippen LogP contribution < -0.4 is 29.2 Å². The Morgan fingerprint density at radius 2 is 1.55 bits per heavy atom. The van der Waals surface area contributed by atoms with E-state index < -0.39 is 17.8 Å². The molecule has 2 aliphatic heterocycles. The average Bonchev–Trinajstić information content (AvgIpc) is 3.06. The first-order valence-electron chi connectivity index (χ1n) is 14.2. The summed E-state index contributed by atoms with van der Waals surface area (Å²) in [5.41, 5.74) is 1.90. The molecule has 11 heteroatoms. The van der Waals surface area contributed by atoms with Crippen molar-refractivity contribution >= 4 is 35.5 Å². The van der Waals surface area contributed by atoms with Gasteiger partial charge in [0.25, 0.3) is 17.7 Å². The van der Waals surface area contributed by atoms with Crippen molar-refractivity contribution in [2.45, 2.75) is 25.9 Å². The summed E-state index contributed by atoms with van der Waals surface area (Å²) in [7, 11) is 4.36. The molecule has 228 valence electrons. The number of hydrogen-bond donors (Lipinski definition) is 1. The minimum absolute atomic E-state index is 0.0456. The molecular weight excluding hydrogens is 566 g/mol. The number of piperidine rings is 1. The summed E-state index contributed by atoms with van der Waals surface area (Å²) in [6.07, 6.45) is 4.61. The molecular formula is C33H33N3O8. The maximum absolute atomic E-state index is 13.4. The lowest BCUT2D eigenvalue weighted by Crippen LogP contribution is -2.54. The molecule has 1 N–H and O–H groups in total. The van der Waals surface area contributed by atoms with E-state index in [1.54, 1.807) is 24.3 Å². The van der Waals surface area contributed by atoms with Gasteiger partial charge in [0.1, 0.15) is 23.7 Å². The van der Waals surface area contributed by atoms with Crippen molar-refractivity contribution in [1.82, 2.24) is 10.2 Å². The number of carbonyl (C=O) groups is 4. The molecule has 44 heavy (non-hydrogen) atoms. The second-order valence-electron chi connectivity index (χ2n) is 10.2. The molecule has 0 bridgehead atoms. The Hall–Kier alpha value is -5.32. The third-order valence-corrected chi connectivity index (χ3v) is 7.47. The molecule has 0 spiro atoms. The number of methoxy groups -OCH3 is 3. The number of ether oxygens (including phenoxy) is 4. The molecule has 2 aliphatic rings. The van der Waals surface area contributed by atoms with Crippen molar-refractivity contribution in [2.75, 3.05) is 39.3 Å². The highest BCUT2D eigenvalue weighted by atomic mass is 16.5. The van der Waals surface area contributed by atoms with E-state index >= 15 is 0 Å². The molecule has 2 saturated heterocycles. The molecule has 0 radical (unpaired) electrons. The number of anilines is 1. The van der Waals surface area contributed by atoms with Gasteiger partial charge >= 0.3 is 6.03 Å². The van der Waals surface area contributed by atoms with Crippen LogP contribution in [-0.2, 0) is 16.2 Å². The molecule has 0 saturated carbocycles. The topological polar surface area (TPSA) is 124 Å². The molecule has 5 rings (SSSR count). The predicted molar refractivity (Wildman–Crippen MR) is 162 cm³/mol. The van der Waals surface area contributed by atoms with E-state index in [0.29, 0.717) is 28.4 Å². The monoisotopic (exact) mass is 599 g/mol. The molecule has 0 aliphatic carbocycles. The summed E-state index contributed by atoms with van der Waals surface area (Å²) in [5.74, 6) is -0.0881. The second kappa shape index (κ2) is 13.3. The summed E-state index contributed by atoms with van der Waals surface area (Å²) in [5, 5.41) is 2.21. The smallest absolute Gasteiger partial charge is 0.336 e. The van der Waals surface area contributed by atoms with E-state index in [1.807, 2.05) is 29.2 Å². The fraction of sp³-hybridized carbons (Fsp3) is 0.273. The maximum Gasteiger partial charge on any atom is 0.336 e. The fourth-order valence-electron chi connectivity index (χ4n) is 5.09.